The second-order valence-corrected chi connectivity index (χ2v) is 6.94. The van der Waals surface area contributed by atoms with E-state index in [1.54, 1.807) is 0 Å². The molecule has 0 saturated heterocycles. The van der Waals surface area contributed by atoms with Crippen LogP contribution < -0.4 is 0 Å². The molecule has 2 aliphatic rings. The van der Waals surface area contributed by atoms with Crippen molar-refractivity contribution in [3.63, 3.8) is 0 Å². The molecule has 0 aromatic carbocycles. The highest BCUT2D eigenvalue weighted by atomic mass is 16.2. The monoisotopic (exact) mass is 265 g/mol. The summed E-state index contributed by atoms with van der Waals surface area (Å²) in [5, 5.41) is 0. The van der Waals surface area contributed by atoms with Gasteiger partial charge in [-0.05, 0) is 38.0 Å². The summed E-state index contributed by atoms with van der Waals surface area (Å²) in [5.74, 6) is 0.843. The van der Waals surface area contributed by atoms with Crippen molar-refractivity contribution < 1.29 is 9.59 Å². The summed E-state index contributed by atoms with van der Waals surface area (Å²) in [5.41, 5.74) is -0.149. The second kappa shape index (κ2) is 4.60. The Morgan fingerprint density at radius 2 is 1.84 bits per heavy atom. The van der Waals surface area contributed by atoms with Crippen LogP contribution in [-0.2, 0) is 9.59 Å². The topological polar surface area (TPSA) is 37.4 Å². The molecule has 0 heterocycles. The lowest BCUT2D eigenvalue weighted by atomic mass is 9.70. The molecule has 2 bridgehead atoms. The van der Waals surface area contributed by atoms with Gasteiger partial charge in [-0.3, -0.25) is 9.59 Å². The molecule has 1 amide bonds. The standard InChI is InChI=1S/C16H27NO2/c1-6-17(7-2)13(18)10-11-12-8-9-16(5,14(11)19)15(12,3)4/h11-12H,6-10H2,1-5H3/t11-,12+,16+/m1/s1. The van der Waals surface area contributed by atoms with Crippen LogP contribution in [0.3, 0.4) is 0 Å². The van der Waals surface area contributed by atoms with Crippen molar-refractivity contribution in [1.29, 1.82) is 0 Å². The molecule has 2 fully saturated rings. The van der Waals surface area contributed by atoms with Crippen molar-refractivity contribution in [2.24, 2.45) is 22.7 Å². The molecule has 2 saturated carbocycles. The Labute approximate surface area is 116 Å². The van der Waals surface area contributed by atoms with E-state index in [-0.39, 0.29) is 22.7 Å². The molecule has 2 rings (SSSR count). The van der Waals surface area contributed by atoms with E-state index in [0.717, 1.165) is 25.9 Å². The van der Waals surface area contributed by atoms with Crippen LogP contribution in [0.2, 0.25) is 0 Å². The quantitative estimate of drug-likeness (QED) is 0.784. The Hall–Kier alpha value is -0.860. The number of amides is 1. The molecule has 108 valence electrons. The number of Topliss-reactive ketones (excluding diaryl/α,β-unsaturated/α-hetero) is 1. The SMILES string of the molecule is CCN(CC)C(=O)C[C@H]1C(=O)[C@]2(C)CC[C@@H]1C2(C)C. The van der Waals surface area contributed by atoms with E-state index < -0.39 is 0 Å². The number of hydrogen-bond acceptors (Lipinski definition) is 2. The van der Waals surface area contributed by atoms with Gasteiger partial charge in [0.05, 0.1) is 0 Å². The predicted octanol–water partition coefficient (Wildman–Crippen LogP) is 2.89. The number of carbonyl (C=O) groups is 2. The highest BCUT2D eigenvalue weighted by Gasteiger charge is 2.66. The smallest absolute Gasteiger partial charge is 0.223 e. The maximum absolute atomic E-state index is 12.7. The fourth-order valence-electron chi connectivity index (χ4n) is 4.40. The van der Waals surface area contributed by atoms with E-state index in [2.05, 4.69) is 20.8 Å². The fraction of sp³-hybridized carbons (Fsp3) is 0.875. The zero-order valence-corrected chi connectivity index (χ0v) is 13.0. The van der Waals surface area contributed by atoms with E-state index in [9.17, 15) is 9.59 Å². The minimum absolute atomic E-state index is 0.0400. The van der Waals surface area contributed by atoms with Gasteiger partial charge in [0.2, 0.25) is 5.91 Å². The van der Waals surface area contributed by atoms with Gasteiger partial charge in [0.25, 0.3) is 0 Å². The van der Waals surface area contributed by atoms with Crippen molar-refractivity contribution in [1.82, 2.24) is 4.90 Å². The average molecular weight is 265 g/mol. The summed E-state index contributed by atoms with van der Waals surface area (Å²) in [6.07, 6.45) is 2.52. The van der Waals surface area contributed by atoms with Crippen molar-refractivity contribution in [2.75, 3.05) is 13.1 Å². The first kappa shape index (κ1) is 14.5. The van der Waals surface area contributed by atoms with Gasteiger partial charge in [0.15, 0.2) is 0 Å². The third-order valence-electron chi connectivity index (χ3n) is 6.18. The maximum Gasteiger partial charge on any atom is 0.223 e. The molecule has 0 N–H and O–H groups in total. The molecule has 0 radical (unpaired) electrons. The van der Waals surface area contributed by atoms with Crippen LogP contribution in [0.25, 0.3) is 0 Å². The highest BCUT2D eigenvalue weighted by molar-refractivity contribution is 5.94. The lowest BCUT2D eigenvalue weighted by Gasteiger charge is -2.32. The van der Waals surface area contributed by atoms with E-state index in [1.165, 1.54) is 0 Å². The largest absolute Gasteiger partial charge is 0.343 e. The molecule has 0 unspecified atom stereocenters. The Balaban J connectivity index is 2.16. The number of ketones is 1. The zero-order valence-electron chi connectivity index (χ0n) is 13.0. The first-order chi connectivity index (χ1) is 8.79. The van der Waals surface area contributed by atoms with Gasteiger partial charge in [-0.1, -0.05) is 20.8 Å². The Kier molecular flexibility index (Phi) is 3.53. The summed E-state index contributed by atoms with van der Waals surface area (Å²) in [4.78, 5) is 26.8. The Bertz CT molecular complexity index is 398. The van der Waals surface area contributed by atoms with Gasteiger partial charge < -0.3 is 4.90 Å². The maximum atomic E-state index is 12.7. The average Bonchev–Trinajstić information content (AvgIpc) is 2.65. The number of fused-ring (bicyclic) bond motifs is 2. The van der Waals surface area contributed by atoms with E-state index in [1.807, 2.05) is 18.7 Å². The molecule has 0 aromatic rings. The van der Waals surface area contributed by atoms with Gasteiger partial charge in [0.1, 0.15) is 5.78 Å². The highest BCUT2D eigenvalue weighted by Crippen LogP contribution is 2.66. The van der Waals surface area contributed by atoms with Crippen molar-refractivity contribution in [3.8, 4) is 0 Å². The van der Waals surface area contributed by atoms with Gasteiger partial charge in [-0.2, -0.15) is 0 Å². The fourth-order valence-corrected chi connectivity index (χ4v) is 4.40. The van der Waals surface area contributed by atoms with Crippen LogP contribution in [0.15, 0.2) is 0 Å². The third-order valence-corrected chi connectivity index (χ3v) is 6.18. The first-order valence-corrected chi connectivity index (χ1v) is 7.61. The minimum Gasteiger partial charge on any atom is -0.343 e. The first-order valence-electron chi connectivity index (χ1n) is 7.61. The van der Waals surface area contributed by atoms with Crippen LogP contribution in [0.4, 0.5) is 0 Å². The lowest BCUT2D eigenvalue weighted by molar-refractivity contribution is -0.138. The number of rotatable bonds is 4. The van der Waals surface area contributed by atoms with Crippen LogP contribution in [-0.4, -0.2) is 29.7 Å². The number of hydrogen-bond donors (Lipinski definition) is 0. The minimum atomic E-state index is -0.203. The summed E-state index contributed by atoms with van der Waals surface area (Å²) < 4.78 is 0. The molecular weight excluding hydrogens is 238 g/mol. The predicted molar refractivity (Wildman–Crippen MR) is 75.7 cm³/mol. The van der Waals surface area contributed by atoms with Crippen LogP contribution in [0.1, 0.15) is 53.9 Å². The van der Waals surface area contributed by atoms with Crippen molar-refractivity contribution in [3.05, 3.63) is 0 Å². The van der Waals surface area contributed by atoms with Crippen LogP contribution in [0.5, 0.6) is 0 Å². The molecular formula is C16H27NO2. The molecule has 3 atom stereocenters. The third kappa shape index (κ3) is 1.85. The second-order valence-electron chi connectivity index (χ2n) is 6.94. The number of carbonyl (C=O) groups excluding carboxylic acids is 2. The summed E-state index contributed by atoms with van der Waals surface area (Å²) in [6, 6.07) is 0. The van der Waals surface area contributed by atoms with Crippen molar-refractivity contribution in [2.45, 2.75) is 53.9 Å². The summed E-state index contributed by atoms with van der Waals surface area (Å²) in [7, 11) is 0. The van der Waals surface area contributed by atoms with E-state index in [0.29, 0.717) is 18.1 Å². The summed E-state index contributed by atoms with van der Waals surface area (Å²) >= 11 is 0. The van der Waals surface area contributed by atoms with Gasteiger partial charge in [-0.25, -0.2) is 0 Å². The van der Waals surface area contributed by atoms with Gasteiger partial charge in [0, 0.05) is 30.8 Å². The van der Waals surface area contributed by atoms with Crippen LogP contribution >= 0.6 is 0 Å². The molecule has 0 aliphatic heterocycles. The molecule has 3 nitrogen and oxygen atoms in total. The molecule has 0 aromatic heterocycles. The van der Waals surface area contributed by atoms with Crippen molar-refractivity contribution >= 4 is 11.7 Å². The van der Waals surface area contributed by atoms with Gasteiger partial charge >= 0.3 is 0 Å². The van der Waals surface area contributed by atoms with E-state index >= 15 is 0 Å². The Morgan fingerprint density at radius 1 is 1.26 bits per heavy atom. The molecule has 3 heteroatoms. The molecule has 19 heavy (non-hydrogen) atoms. The van der Waals surface area contributed by atoms with Crippen LogP contribution in [0, 0.1) is 22.7 Å². The summed E-state index contributed by atoms with van der Waals surface area (Å²) in [6.45, 7) is 12.0. The zero-order chi connectivity index (χ0) is 14.4. The Morgan fingerprint density at radius 3 is 2.26 bits per heavy atom. The lowest BCUT2D eigenvalue weighted by Crippen LogP contribution is -2.36. The normalized spacial score (nSPS) is 35.7. The van der Waals surface area contributed by atoms with E-state index in [4.69, 9.17) is 0 Å². The number of nitrogens with zero attached hydrogens (tertiary/aromatic N) is 1. The molecule has 2 aliphatic carbocycles. The molecule has 0 spiro atoms. The van der Waals surface area contributed by atoms with Gasteiger partial charge in [-0.15, -0.1) is 0 Å².